The Balaban J connectivity index is 4.52. The van der Waals surface area contributed by atoms with Crippen molar-refractivity contribution in [3.8, 4) is 0 Å². The monoisotopic (exact) mass is 217 g/mol. The highest BCUT2D eigenvalue weighted by Crippen LogP contribution is 2.09. The summed E-state index contributed by atoms with van der Waals surface area (Å²) in [6.07, 6.45) is 2.47. The quantitative estimate of drug-likeness (QED) is 0.604. The molecule has 0 spiro atoms. The maximum Gasteiger partial charge on any atom is 0.283 e. The molecule has 0 bridgehead atoms. The van der Waals surface area contributed by atoms with Gasteiger partial charge in [-0.1, -0.05) is 20.8 Å². The summed E-state index contributed by atoms with van der Waals surface area (Å²) in [7, 11) is 2.62. The molecule has 0 saturated carbocycles. The molecule has 0 saturated heterocycles. The number of rotatable bonds is 8. The van der Waals surface area contributed by atoms with Crippen LogP contribution >= 0.6 is 0 Å². The first kappa shape index (κ1) is 14.1. The van der Waals surface area contributed by atoms with Crippen molar-refractivity contribution in [2.24, 2.45) is 0 Å². The smallest absolute Gasteiger partial charge is 0.283 e. The van der Waals surface area contributed by atoms with Crippen molar-refractivity contribution in [2.45, 2.75) is 39.7 Å². The molecule has 4 heteroatoms. The molecule has 0 amide bonds. The van der Waals surface area contributed by atoms with Gasteiger partial charge in [-0.3, -0.25) is 4.57 Å². The number of hydrogen-bond acceptors (Lipinski definition) is 3. The van der Waals surface area contributed by atoms with Gasteiger partial charge in [-0.05, 0) is 46.1 Å². The maximum atomic E-state index is 3.54. The molecule has 86 valence electrons. The van der Waals surface area contributed by atoms with E-state index in [1.807, 2.05) is 0 Å². The molecule has 0 rings (SSSR count). The lowest BCUT2D eigenvalue weighted by atomic mass is 10.4. The predicted octanol–water partition coefficient (Wildman–Crippen LogP) is 1.51. The number of nitrogens with one attached hydrogen (secondary N) is 2. The minimum absolute atomic E-state index is 1.20. The van der Waals surface area contributed by atoms with Crippen LogP contribution in [0.4, 0.5) is 0 Å². The summed E-state index contributed by atoms with van der Waals surface area (Å²) in [5.41, 5.74) is 0. The Kier molecular flexibility index (Phi) is 7.45. The van der Waals surface area contributed by atoms with Gasteiger partial charge in [0.2, 0.25) is 0 Å². The van der Waals surface area contributed by atoms with Crippen molar-refractivity contribution in [3.63, 3.8) is 0 Å². The van der Waals surface area contributed by atoms with Crippen LogP contribution in [0.15, 0.2) is 0 Å². The van der Waals surface area contributed by atoms with Crippen molar-refractivity contribution in [3.05, 3.63) is 0 Å². The lowest BCUT2D eigenvalue weighted by Gasteiger charge is -2.40. The SMILES string of the molecule is CCCN(CCC)[Si](CC)(NC)NC. The molecule has 0 aliphatic heterocycles. The molecule has 14 heavy (non-hydrogen) atoms. The van der Waals surface area contributed by atoms with Gasteiger partial charge in [0.15, 0.2) is 0 Å². The fourth-order valence-corrected chi connectivity index (χ4v) is 5.30. The summed E-state index contributed by atoms with van der Waals surface area (Å²) in [6, 6.07) is 1.21. The third kappa shape index (κ3) is 3.35. The Bertz CT molecular complexity index is 123. The Morgan fingerprint density at radius 3 is 1.57 bits per heavy atom. The van der Waals surface area contributed by atoms with Crippen molar-refractivity contribution in [2.75, 3.05) is 27.2 Å². The van der Waals surface area contributed by atoms with E-state index in [9.17, 15) is 0 Å². The van der Waals surface area contributed by atoms with Gasteiger partial charge < -0.3 is 9.96 Å². The van der Waals surface area contributed by atoms with Crippen molar-refractivity contribution >= 4 is 8.56 Å². The summed E-state index contributed by atoms with van der Waals surface area (Å²) >= 11 is 0. The maximum absolute atomic E-state index is 3.54. The Hall–Kier alpha value is 0.0969. The molecule has 2 N–H and O–H groups in total. The van der Waals surface area contributed by atoms with Crippen LogP contribution in [0.3, 0.4) is 0 Å². The zero-order valence-electron chi connectivity index (χ0n) is 10.5. The Labute approximate surface area is 90.5 Å². The van der Waals surface area contributed by atoms with Crippen LogP contribution in [-0.4, -0.2) is 40.3 Å². The van der Waals surface area contributed by atoms with Crippen molar-refractivity contribution in [1.29, 1.82) is 0 Å². The van der Waals surface area contributed by atoms with Crippen LogP contribution in [0.1, 0.15) is 33.6 Å². The molecule has 0 aromatic rings. The second kappa shape index (κ2) is 7.40. The molecule has 0 atom stereocenters. The fourth-order valence-electron chi connectivity index (χ4n) is 2.05. The van der Waals surface area contributed by atoms with E-state index in [0.717, 1.165) is 0 Å². The summed E-state index contributed by atoms with van der Waals surface area (Å²) in [5, 5.41) is 0. The summed E-state index contributed by atoms with van der Waals surface area (Å²) < 4.78 is 2.63. The highest BCUT2D eigenvalue weighted by atomic mass is 28.4. The molecule has 0 aliphatic carbocycles. The first-order chi connectivity index (χ1) is 6.70. The Morgan fingerprint density at radius 2 is 1.36 bits per heavy atom. The molecule has 0 aliphatic rings. The van der Waals surface area contributed by atoms with Gasteiger partial charge in [-0.2, -0.15) is 0 Å². The van der Waals surface area contributed by atoms with E-state index < -0.39 is 8.56 Å². The van der Waals surface area contributed by atoms with Crippen molar-refractivity contribution in [1.82, 2.24) is 14.5 Å². The average Bonchev–Trinajstić information content (AvgIpc) is 2.22. The van der Waals surface area contributed by atoms with Crippen LogP contribution in [0, 0.1) is 0 Å². The van der Waals surface area contributed by atoms with Crippen LogP contribution in [0.25, 0.3) is 0 Å². The van der Waals surface area contributed by atoms with Crippen molar-refractivity contribution < 1.29 is 0 Å². The van der Waals surface area contributed by atoms with E-state index in [0.29, 0.717) is 0 Å². The van der Waals surface area contributed by atoms with E-state index >= 15 is 0 Å². The van der Waals surface area contributed by atoms with E-state index in [1.54, 1.807) is 0 Å². The summed E-state index contributed by atoms with van der Waals surface area (Å²) in [6.45, 7) is 9.19. The highest BCUT2D eigenvalue weighted by molar-refractivity contribution is 6.72. The molecule has 0 radical (unpaired) electrons. The number of hydrogen-bond donors (Lipinski definition) is 2. The van der Waals surface area contributed by atoms with Gasteiger partial charge >= 0.3 is 0 Å². The number of nitrogens with zero attached hydrogens (tertiary/aromatic N) is 1. The van der Waals surface area contributed by atoms with E-state index in [2.05, 4.69) is 49.4 Å². The summed E-state index contributed by atoms with van der Waals surface area (Å²) in [4.78, 5) is 7.08. The van der Waals surface area contributed by atoms with Crippen LogP contribution in [0.5, 0.6) is 0 Å². The van der Waals surface area contributed by atoms with Gasteiger partial charge in [0, 0.05) is 0 Å². The minimum atomic E-state index is -1.56. The molecule has 0 fully saturated rings. The molecule has 3 nitrogen and oxygen atoms in total. The third-order valence-corrected chi connectivity index (χ3v) is 7.07. The third-order valence-electron chi connectivity index (χ3n) is 2.87. The Morgan fingerprint density at radius 1 is 0.929 bits per heavy atom. The molecule has 0 unspecified atom stereocenters. The summed E-state index contributed by atoms with van der Waals surface area (Å²) in [5.74, 6) is 0. The fraction of sp³-hybridized carbons (Fsp3) is 1.00. The van der Waals surface area contributed by atoms with E-state index in [1.165, 1.54) is 32.0 Å². The average molecular weight is 217 g/mol. The van der Waals surface area contributed by atoms with Crippen LogP contribution in [0.2, 0.25) is 6.04 Å². The predicted molar refractivity (Wildman–Crippen MR) is 66.5 cm³/mol. The lowest BCUT2D eigenvalue weighted by Crippen LogP contribution is -2.71. The first-order valence-electron chi connectivity index (χ1n) is 5.83. The molecule has 0 aromatic carbocycles. The highest BCUT2D eigenvalue weighted by Gasteiger charge is 2.35. The lowest BCUT2D eigenvalue weighted by molar-refractivity contribution is 0.395. The van der Waals surface area contributed by atoms with Gasteiger partial charge in [0.1, 0.15) is 0 Å². The minimum Gasteiger partial charge on any atom is -0.316 e. The van der Waals surface area contributed by atoms with Gasteiger partial charge in [-0.25, -0.2) is 0 Å². The molecular weight excluding hydrogens is 190 g/mol. The topological polar surface area (TPSA) is 27.3 Å². The second-order valence-electron chi connectivity index (χ2n) is 3.70. The zero-order chi connectivity index (χ0) is 11.0. The molecule has 0 heterocycles. The van der Waals surface area contributed by atoms with Crippen LogP contribution in [-0.2, 0) is 0 Å². The van der Waals surface area contributed by atoms with Gasteiger partial charge in [-0.15, -0.1) is 0 Å². The first-order valence-corrected chi connectivity index (χ1v) is 7.99. The zero-order valence-corrected chi connectivity index (χ0v) is 11.5. The van der Waals surface area contributed by atoms with E-state index in [-0.39, 0.29) is 0 Å². The second-order valence-corrected chi connectivity index (χ2v) is 7.76. The van der Waals surface area contributed by atoms with Gasteiger partial charge in [0.25, 0.3) is 8.56 Å². The standard InChI is InChI=1S/C10H27N3Si/c1-6-9-13(10-7-2)14(8-3,11-4)12-5/h11-12H,6-10H2,1-5H3. The van der Waals surface area contributed by atoms with E-state index in [4.69, 9.17) is 0 Å². The van der Waals surface area contributed by atoms with Crippen LogP contribution < -0.4 is 9.96 Å². The largest absolute Gasteiger partial charge is 0.316 e. The van der Waals surface area contributed by atoms with Gasteiger partial charge in [0.05, 0.1) is 0 Å². The molecular formula is C10H27N3Si. The normalized spacial score (nSPS) is 12.4. The molecule has 0 aromatic heterocycles.